The third-order valence-corrected chi connectivity index (χ3v) is 2.18. The highest BCUT2D eigenvalue weighted by atomic mass is 16.3. The van der Waals surface area contributed by atoms with E-state index in [4.69, 9.17) is 5.73 Å². The van der Waals surface area contributed by atoms with Crippen LogP contribution in [0, 0.1) is 0 Å². The summed E-state index contributed by atoms with van der Waals surface area (Å²) < 4.78 is 0. The quantitative estimate of drug-likeness (QED) is 0.492. The Labute approximate surface area is 71.2 Å². The zero-order valence-electron chi connectivity index (χ0n) is 6.75. The molecule has 0 amide bonds. The number of nitrogens with one attached hydrogen (secondary N) is 1. The molecular weight excluding hydrogens is 152 g/mol. The fraction of sp³-hybridized carbons (Fsp3) is 0.333. The van der Waals surface area contributed by atoms with Gasteiger partial charge in [0, 0.05) is 29.9 Å². The Kier molecular flexibility index (Phi) is 1.66. The van der Waals surface area contributed by atoms with E-state index in [1.54, 1.807) is 0 Å². The molecule has 0 spiro atoms. The molecule has 1 aromatic rings. The van der Waals surface area contributed by atoms with Gasteiger partial charge in [0.15, 0.2) is 0 Å². The number of rotatable bonds is 0. The fourth-order valence-electron chi connectivity index (χ4n) is 1.53. The monoisotopic (exact) mass is 164 g/mol. The third-order valence-electron chi connectivity index (χ3n) is 2.18. The average Bonchev–Trinajstić information content (AvgIpc) is 2.07. The number of hydrogen-bond acceptors (Lipinski definition) is 3. The van der Waals surface area contributed by atoms with Crippen LogP contribution in [-0.4, -0.2) is 17.8 Å². The number of anilines is 2. The van der Waals surface area contributed by atoms with Crippen LogP contribution in [0.25, 0.3) is 0 Å². The van der Waals surface area contributed by atoms with Gasteiger partial charge in [-0.25, -0.2) is 0 Å². The van der Waals surface area contributed by atoms with Crippen LogP contribution >= 0.6 is 0 Å². The highest BCUT2D eigenvalue weighted by Gasteiger charge is 2.16. The minimum Gasteiger partial charge on any atom is -0.398 e. The molecule has 4 N–H and O–H groups in total. The average molecular weight is 164 g/mol. The predicted molar refractivity (Wildman–Crippen MR) is 49.1 cm³/mol. The van der Waals surface area contributed by atoms with Crippen molar-refractivity contribution in [2.45, 2.75) is 12.5 Å². The standard InChI is InChI=1S/C9H12N2O/c10-8-2-1-3-9-7(8)4-6(12)5-11-9/h1-3,6,11-12H,4-5,10H2/t6-/m0/s1. The lowest BCUT2D eigenvalue weighted by atomic mass is 10.00. The number of nitrogen functional groups attached to an aromatic ring is 1. The number of nitrogens with two attached hydrogens (primary N) is 1. The highest BCUT2D eigenvalue weighted by Crippen LogP contribution is 2.26. The molecule has 0 fully saturated rings. The molecule has 1 aliphatic heterocycles. The van der Waals surface area contributed by atoms with E-state index >= 15 is 0 Å². The van der Waals surface area contributed by atoms with Gasteiger partial charge < -0.3 is 16.2 Å². The molecule has 1 atom stereocenters. The Balaban J connectivity index is 2.43. The first-order valence-electron chi connectivity index (χ1n) is 4.06. The number of benzene rings is 1. The molecule has 0 bridgehead atoms. The van der Waals surface area contributed by atoms with Crippen LogP contribution in [0.15, 0.2) is 18.2 Å². The van der Waals surface area contributed by atoms with E-state index in [0.717, 1.165) is 16.9 Å². The summed E-state index contributed by atoms with van der Waals surface area (Å²) in [6.45, 7) is 0.621. The maximum Gasteiger partial charge on any atom is 0.0754 e. The molecule has 0 radical (unpaired) electrons. The SMILES string of the molecule is Nc1cccc2c1C[C@H](O)CN2. The third kappa shape index (κ3) is 1.12. The minimum atomic E-state index is -0.304. The van der Waals surface area contributed by atoms with Gasteiger partial charge in [0.05, 0.1) is 6.10 Å². The second kappa shape index (κ2) is 2.68. The van der Waals surface area contributed by atoms with Crippen LogP contribution in [0.3, 0.4) is 0 Å². The molecular formula is C9H12N2O. The van der Waals surface area contributed by atoms with Gasteiger partial charge in [0.25, 0.3) is 0 Å². The molecule has 0 saturated heterocycles. The molecule has 64 valence electrons. The molecule has 2 rings (SSSR count). The Hall–Kier alpha value is -1.22. The van der Waals surface area contributed by atoms with Gasteiger partial charge in [-0.05, 0) is 12.1 Å². The van der Waals surface area contributed by atoms with Crippen molar-refractivity contribution in [1.82, 2.24) is 0 Å². The second-order valence-corrected chi connectivity index (χ2v) is 3.11. The molecule has 0 aromatic heterocycles. The van der Waals surface area contributed by atoms with Crippen molar-refractivity contribution >= 4 is 11.4 Å². The van der Waals surface area contributed by atoms with Gasteiger partial charge in [0.2, 0.25) is 0 Å². The van der Waals surface area contributed by atoms with Crippen molar-refractivity contribution in [2.75, 3.05) is 17.6 Å². The van der Waals surface area contributed by atoms with Crippen LogP contribution in [-0.2, 0) is 6.42 Å². The van der Waals surface area contributed by atoms with Crippen LogP contribution in [0.2, 0.25) is 0 Å². The first kappa shape index (κ1) is 7.43. The van der Waals surface area contributed by atoms with Gasteiger partial charge >= 0.3 is 0 Å². The Morgan fingerprint density at radius 3 is 3.17 bits per heavy atom. The topological polar surface area (TPSA) is 58.3 Å². The lowest BCUT2D eigenvalue weighted by Gasteiger charge is -2.23. The van der Waals surface area contributed by atoms with Gasteiger partial charge in [0.1, 0.15) is 0 Å². The summed E-state index contributed by atoms with van der Waals surface area (Å²) in [5.74, 6) is 0. The second-order valence-electron chi connectivity index (χ2n) is 3.11. The van der Waals surface area contributed by atoms with E-state index in [1.807, 2.05) is 18.2 Å². The molecule has 3 nitrogen and oxygen atoms in total. The van der Waals surface area contributed by atoms with Gasteiger partial charge in [-0.3, -0.25) is 0 Å². The molecule has 1 heterocycles. The van der Waals surface area contributed by atoms with E-state index in [2.05, 4.69) is 5.32 Å². The summed E-state index contributed by atoms with van der Waals surface area (Å²) in [5, 5.41) is 12.5. The molecule has 12 heavy (non-hydrogen) atoms. The lowest BCUT2D eigenvalue weighted by Crippen LogP contribution is -2.28. The fourth-order valence-corrected chi connectivity index (χ4v) is 1.53. The first-order valence-corrected chi connectivity index (χ1v) is 4.06. The Bertz CT molecular complexity index is 299. The van der Waals surface area contributed by atoms with Crippen LogP contribution in [0.4, 0.5) is 11.4 Å². The van der Waals surface area contributed by atoms with Gasteiger partial charge in [-0.2, -0.15) is 0 Å². The van der Waals surface area contributed by atoms with E-state index in [1.165, 1.54) is 0 Å². The van der Waals surface area contributed by atoms with E-state index in [9.17, 15) is 5.11 Å². The number of fused-ring (bicyclic) bond motifs is 1. The van der Waals surface area contributed by atoms with Crippen molar-refractivity contribution in [3.8, 4) is 0 Å². The number of β-amino-alcohol motifs (C(OH)–C–C–N with tert-alkyl or cyclic N) is 1. The first-order chi connectivity index (χ1) is 5.77. The number of aliphatic hydroxyl groups is 1. The maximum absolute atomic E-state index is 9.36. The summed E-state index contributed by atoms with van der Waals surface area (Å²) in [6, 6.07) is 5.76. The number of hydrogen-bond donors (Lipinski definition) is 3. The normalized spacial score (nSPS) is 21.2. The Morgan fingerprint density at radius 1 is 1.50 bits per heavy atom. The molecule has 1 aliphatic rings. The summed E-state index contributed by atoms with van der Waals surface area (Å²) in [7, 11) is 0. The molecule has 0 aliphatic carbocycles. The van der Waals surface area contributed by atoms with Crippen molar-refractivity contribution in [3.05, 3.63) is 23.8 Å². The van der Waals surface area contributed by atoms with Crippen molar-refractivity contribution in [2.24, 2.45) is 0 Å². The lowest BCUT2D eigenvalue weighted by molar-refractivity contribution is 0.185. The van der Waals surface area contributed by atoms with E-state index < -0.39 is 0 Å². The van der Waals surface area contributed by atoms with Crippen LogP contribution in [0.1, 0.15) is 5.56 Å². The molecule has 0 saturated carbocycles. The summed E-state index contributed by atoms with van der Waals surface area (Å²) in [5.41, 5.74) is 8.61. The summed E-state index contributed by atoms with van der Waals surface area (Å²) >= 11 is 0. The zero-order valence-corrected chi connectivity index (χ0v) is 6.75. The molecule has 0 unspecified atom stereocenters. The summed E-state index contributed by atoms with van der Waals surface area (Å²) in [6.07, 6.45) is 0.358. The maximum atomic E-state index is 9.36. The summed E-state index contributed by atoms with van der Waals surface area (Å²) in [4.78, 5) is 0. The van der Waals surface area contributed by atoms with Crippen molar-refractivity contribution in [1.29, 1.82) is 0 Å². The highest BCUT2D eigenvalue weighted by molar-refractivity contribution is 5.65. The van der Waals surface area contributed by atoms with Crippen LogP contribution < -0.4 is 11.1 Å². The van der Waals surface area contributed by atoms with Gasteiger partial charge in [-0.1, -0.05) is 6.07 Å². The van der Waals surface area contributed by atoms with Crippen LogP contribution in [0.5, 0.6) is 0 Å². The largest absolute Gasteiger partial charge is 0.398 e. The number of aliphatic hydroxyl groups excluding tert-OH is 1. The van der Waals surface area contributed by atoms with Gasteiger partial charge in [-0.15, -0.1) is 0 Å². The predicted octanol–water partition coefficient (Wildman–Crippen LogP) is 0.598. The van der Waals surface area contributed by atoms with E-state index in [-0.39, 0.29) is 6.10 Å². The Morgan fingerprint density at radius 2 is 2.33 bits per heavy atom. The molecule has 1 aromatic carbocycles. The van der Waals surface area contributed by atoms with Crippen molar-refractivity contribution < 1.29 is 5.11 Å². The minimum absolute atomic E-state index is 0.304. The zero-order chi connectivity index (χ0) is 8.55. The van der Waals surface area contributed by atoms with Crippen molar-refractivity contribution in [3.63, 3.8) is 0 Å². The molecule has 3 heteroatoms. The van der Waals surface area contributed by atoms with E-state index in [0.29, 0.717) is 13.0 Å². The smallest absolute Gasteiger partial charge is 0.0754 e.